The topological polar surface area (TPSA) is 63.7 Å². The van der Waals surface area contributed by atoms with Crippen molar-refractivity contribution >= 4 is 16.7 Å². The van der Waals surface area contributed by atoms with Gasteiger partial charge in [-0.1, -0.05) is 50.2 Å². The molecule has 0 atom stereocenters. The van der Waals surface area contributed by atoms with Crippen LogP contribution in [0.25, 0.3) is 10.8 Å². The van der Waals surface area contributed by atoms with Crippen LogP contribution in [0.15, 0.2) is 54.7 Å². The standard InChI is InChI=1S/C29H37N3O3/c1-4-34-27-11-10-23-7-5-6-8-25(23)26(27)20-32-15-13-24(14-16-32)35-29-12-9-22(19-31-29)18-30-28(33)17-21(2)3/h5-12,19,21,24H,4,13-18,20H2,1-3H3,(H,30,33). The lowest BCUT2D eigenvalue weighted by Gasteiger charge is -2.32. The Morgan fingerprint density at radius 2 is 1.91 bits per heavy atom. The van der Waals surface area contributed by atoms with Gasteiger partial charge in [0.1, 0.15) is 11.9 Å². The zero-order valence-corrected chi connectivity index (χ0v) is 21.1. The molecule has 2 aromatic carbocycles. The zero-order chi connectivity index (χ0) is 24.6. The van der Waals surface area contributed by atoms with Crippen molar-refractivity contribution < 1.29 is 14.3 Å². The SMILES string of the molecule is CCOc1ccc2ccccc2c1CN1CCC(Oc2ccc(CNC(=O)CC(C)C)cn2)CC1. The van der Waals surface area contributed by atoms with Crippen LogP contribution in [0.1, 0.15) is 51.2 Å². The number of amides is 1. The number of nitrogens with zero attached hydrogens (tertiary/aromatic N) is 2. The van der Waals surface area contributed by atoms with E-state index in [0.29, 0.717) is 31.4 Å². The number of piperidine rings is 1. The van der Waals surface area contributed by atoms with E-state index >= 15 is 0 Å². The summed E-state index contributed by atoms with van der Waals surface area (Å²) < 4.78 is 12.1. The van der Waals surface area contributed by atoms with Gasteiger partial charge in [-0.3, -0.25) is 9.69 Å². The normalized spacial score (nSPS) is 14.9. The minimum atomic E-state index is 0.0731. The van der Waals surface area contributed by atoms with Crippen LogP contribution in [0, 0.1) is 5.92 Å². The number of hydrogen-bond donors (Lipinski definition) is 1. The van der Waals surface area contributed by atoms with Crippen molar-refractivity contribution in [3.05, 3.63) is 65.9 Å². The molecule has 3 aromatic rings. The van der Waals surface area contributed by atoms with E-state index in [1.165, 1.54) is 16.3 Å². The van der Waals surface area contributed by atoms with Gasteiger partial charge >= 0.3 is 0 Å². The lowest BCUT2D eigenvalue weighted by Crippen LogP contribution is -2.38. The number of fused-ring (bicyclic) bond motifs is 1. The average molecular weight is 476 g/mol. The fraction of sp³-hybridized carbons (Fsp3) is 0.448. The maximum absolute atomic E-state index is 11.8. The van der Waals surface area contributed by atoms with Gasteiger partial charge in [-0.25, -0.2) is 4.98 Å². The van der Waals surface area contributed by atoms with Crippen molar-refractivity contribution in [1.82, 2.24) is 15.2 Å². The first-order valence-corrected chi connectivity index (χ1v) is 12.8. The molecule has 1 N–H and O–H groups in total. The van der Waals surface area contributed by atoms with Crippen molar-refractivity contribution in [2.45, 2.75) is 59.2 Å². The number of likely N-dealkylation sites (tertiary alicyclic amines) is 1. The molecular weight excluding hydrogens is 438 g/mol. The molecule has 1 aliphatic heterocycles. The number of carbonyl (C=O) groups excluding carboxylic acids is 1. The highest BCUT2D eigenvalue weighted by Gasteiger charge is 2.22. The van der Waals surface area contributed by atoms with Gasteiger partial charge in [-0.2, -0.15) is 0 Å². The second-order valence-electron chi connectivity index (χ2n) is 9.67. The Balaban J connectivity index is 1.29. The molecule has 0 aliphatic carbocycles. The minimum Gasteiger partial charge on any atom is -0.494 e. The first-order valence-electron chi connectivity index (χ1n) is 12.8. The Morgan fingerprint density at radius 1 is 1.11 bits per heavy atom. The largest absolute Gasteiger partial charge is 0.494 e. The van der Waals surface area contributed by atoms with Crippen LogP contribution in [0.3, 0.4) is 0 Å². The monoisotopic (exact) mass is 475 g/mol. The molecule has 0 bridgehead atoms. The Kier molecular flexibility index (Phi) is 8.59. The third-order valence-electron chi connectivity index (χ3n) is 6.38. The Hall–Kier alpha value is -3.12. The maximum atomic E-state index is 11.8. The number of hydrogen-bond acceptors (Lipinski definition) is 5. The van der Waals surface area contributed by atoms with Crippen molar-refractivity contribution in [3.63, 3.8) is 0 Å². The highest BCUT2D eigenvalue weighted by molar-refractivity contribution is 5.87. The van der Waals surface area contributed by atoms with Crippen molar-refractivity contribution in [1.29, 1.82) is 0 Å². The smallest absolute Gasteiger partial charge is 0.220 e. The van der Waals surface area contributed by atoms with E-state index in [-0.39, 0.29) is 12.0 Å². The summed E-state index contributed by atoms with van der Waals surface area (Å²) in [6, 6.07) is 16.6. The van der Waals surface area contributed by atoms with E-state index in [9.17, 15) is 4.79 Å². The summed E-state index contributed by atoms with van der Waals surface area (Å²) in [7, 11) is 0. The van der Waals surface area contributed by atoms with Gasteiger partial charge in [0.2, 0.25) is 11.8 Å². The molecule has 1 amide bonds. The average Bonchev–Trinajstić information content (AvgIpc) is 2.86. The van der Waals surface area contributed by atoms with E-state index < -0.39 is 0 Å². The van der Waals surface area contributed by atoms with E-state index in [1.54, 1.807) is 6.20 Å². The second-order valence-corrected chi connectivity index (χ2v) is 9.67. The third kappa shape index (κ3) is 6.95. The predicted octanol–water partition coefficient (Wildman–Crippen LogP) is 5.34. The number of rotatable bonds is 10. The van der Waals surface area contributed by atoms with Gasteiger partial charge in [0.25, 0.3) is 0 Å². The maximum Gasteiger partial charge on any atom is 0.220 e. The van der Waals surface area contributed by atoms with Crippen LogP contribution in [0.5, 0.6) is 11.6 Å². The Labute approximate surface area is 208 Å². The molecule has 2 heterocycles. The number of benzene rings is 2. The summed E-state index contributed by atoms with van der Waals surface area (Å²) in [5.41, 5.74) is 2.24. The van der Waals surface area contributed by atoms with Crippen molar-refractivity contribution in [3.8, 4) is 11.6 Å². The molecule has 4 rings (SSSR count). The molecule has 1 fully saturated rings. The molecule has 0 spiro atoms. The van der Waals surface area contributed by atoms with E-state index in [1.807, 2.05) is 32.9 Å². The molecule has 35 heavy (non-hydrogen) atoms. The summed E-state index contributed by atoms with van der Waals surface area (Å²) in [4.78, 5) is 18.8. The summed E-state index contributed by atoms with van der Waals surface area (Å²) in [5, 5.41) is 5.46. The van der Waals surface area contributed by atoms with E-state index in [4.69, 9.17) is 9.47 Å². The third-order valence-corrected chi connectivity index (χ3v) is 6.38. The van der Waals surface area contributed by atoms with Crippen molar-refractivity contribution in [2.75, 3.05) is 19.7 Å². The fourth-order valence-electron chi connectivity index (χ4n) is 4.58. The van der Waals surface area contributed by atoms with Crippen molar-refractivity contribution in [2.24, 2.45) is 5.92 Å². The first kappa shape index (κ1) is 25.0. The summed E-state index contributed by atoms with van der Waals surface area (Å²) in [5.74, 6) is 2.06. The summed E-state index contributed by atoms with van der Waals surface area (Å²) in [6.45, 7) is 10.1. The lowest BCUT2D eigenvalue weighted by atomic mass is 10.0. The van der Waals surface area contributed by atoms with Gasteiger partial charge in [0, 0.05) is 50.4 Å². The lowest BCUT2D eigenvalue weighted by molar-refractivity contribution is -0.121. The fourth-order valence-corrected chi connectivity index (χ4v) is 4.58. The Bertz CT molecular complexity index is 1110. The molecule has 6 heteroatoms. The zero-order valence-electron chi connectivity index (χ0n) is 21.1. The molecular formula is C29H37N3O3. The Morgan fingerprint density at radius 3 is 2.63 bits per heavy atom. The van der Waals surface area contributed by atoms with Crippen LogP contribution in [0.2, 0.25) is 0 Å². The van der Waals surface area contributed by atoms with Gasteiger partial charge in [0.15, 0.2) is 0 Å². The van der Waals surface area contributed by atoms with Gasteiger partial charge in [-0.05, 0) is 48.1 Å². The molecule has 0 saturated carbocycles. The number of carbonyl (C=O) groups is 1. The van der Waals surface area contributed by atoms with Crippen LogP contribution in [-0.4, -0.2) is 41.6 Å². The molecule has 1 aliphatic rings. The molecule has 186 valence electrons. The number of ether oxygens (including phenoxy) is 2. The number of aromatic nitrogens is 1. The quantitative estimate of drug-likeness (QED) is 0.429. The van der Waals surface area contributed by atoms with Crippen LogP contribution >= 0.6 is 0 Å². The van der Waals surface area contributed by atoms with Crippen LogP contribution < -0.4 is 14.8 Å². The van der Waals surface area contributed by atoms with Crippen LogP contribution in [-0.2, 0) is 17.9 Å². The van der Waals surface area contributed by atoms with Gasteiger partial charge in [-0.15, -0.1) is 0 Å². The van der Waals surface area contributed by atoms with E-state index in [0.717, 1.165) is 43.8 Å². The number of nitrogens with one attached hydrogen (secondary N) is 1. The minimum absolute atomic E-state index is 0.0731. The summed E-state index contributed by atoms with van der Waals surface area (Å²) in [6.07, 6.45) is 4.41. The first-order chi connectivity index (χ1) is 17.0. The predicted molar refractivity (Wildman–Crippen MR) is 140 cm³/mol. The second kappa shape index (κ2) is 12.0. The molecule has 0 radical (unpaired) electrons. The van der Waals surface area contributed by atoms with Gasteiger partial charge < -0.3 is 14.8 Å². The summed E-state index contributed by atoms with van der Waals surface area (Å²) >= 11 is 0. The van der Waals surface area contributed by atoms with Gasteiger partial charge in [0.05, 0.1) is 6.61 Å². The molecule has 6 nitrogen and oxygen atoms in total. The molecule has 0 unspecified atom stereocenters. The van der Waals surface area contributed by atoms with Crippen LogP contribution in [0.4, 0.5) is 0 Å². The molecule has 1 saturated heterocycles. The van der Waals surface area contributed by atoms with E-state index in [2.05, 4.69) is 51.6 Å². The number of pyridine rings is 1. The highest BCUT2D eigenvalue weighted by atomic mass is 16.5. The highest BCUT2D eigenvalue weighted by Crippen LogP contribution is 2.30. The molecule has 1 aromatic heterocycles.